The minimum Gasteiger partial charge on any atom is -0.366 e. The van der Waals surface area contributed by atoms with Crippen LogP contribution in [-0.4, -0.2) is 26.3 Å². The number of carbonyl (C=O) groups is 2. The van der Waals surface area contributed by atoms with Gasteiger partial charge in [0.15, 0.2) is 0 Å². The summed E-state index contributed by atoms with van der Waals surface area (Å²) in [5, 5.41) is 3.86. The molecule has 0 aliphatic rings. The van der Waals surface area contributed by atoms with Crippen molar-refractivity contribution in [2.75, 3.05) is 0 Å². The van der Waals surface area contributed by atoms with Gasteiger partial charge in [0.05, 0.1) is 22.6 Å². The summed E-state index contributed by atoms with van der Waals surface area (Å²) in [5.74, 6) is -0.00802. The molecule has 5 rings (SSSR count). The van der Waals surface area contributed by atoms with Crippen molar-refractivity contribution in [3.63, 3.8) is 0 Å². The molecule has 4 N–H and O–H groups in total. The standard InChI is InChI=1S/C26H23N5O2/c27-25(33)19-15-31(23-13-7-4-10-18(19)23)16-24(32)28-22(14-17-8-2-1-3-9-17)26-29-20-11-5-6-12-21(20)30-26/h1-13,15,22H,14,16H2,(H2,27,33)(H,28,32)(H,29,30)/t22-/m1/s1. The van der Waals surface area contributed by atoms with Crippen molar-refractivity contribution in [1.82, 2.24) is 19.9 Å². The number of rotatable bonds is 7. The number of hydrogen-bond donors (Lipinski definition) is 3. The van der Waals surface area contributed by atoms with E-state index in [9.17, 15) is 9.59 Å². The Labute approximate surface area is 190 Å². The molecule has 0 bridgehead atoms. The predicted molar refractivity (Wildman–Crippen MR) is 128 cm³/mol. The molecule has 0 aliphatic carbocycles. The minimum absolute atomic E-state index is 0.0549. The zero-order chi connectivity index (χ0) is 22.8. The van der Waals surface area contributed by atoms with E-state index < -0.39 is 5.91 Å². The second kappa shape index (κ2) is 8.63. The van der Waals surface area contributed by atoms with E-state index in [0.717, 1.165) is 27.5 Å². The van der Waals surface area contributed by atoms with Crippen LogP contribution >= 0.6 is 0 Å². The fourth-order valence-corrected chi connectivity index (χ4v) is 4.17. The number of benzene rings is 3. The number of nitrogens with zero attached hydrogens (tertiary/aromatic N) is 2. The van der Waals surface area contributed by atoms with Crippen molar-refractivity contribution < 1.29 is 9.59 Å². The molecule has 1 atom stereocenters. The first-order chi connectivity index (χ1) is 16.1. The van der Waals surface area contributed by atoms with Crippen molar-refractivity contribution >= 4 is 33.8 Å². The molecular weight excluding hydrogens is 414 g/mol. The van der Waals surface area contributed by atoms with Gasteiger partial charge in [0.1, 0.15) is 12.4 Å². The number of amides is 2. The lowest BCUT2D eigenvalue weighted by Crippen LogP contribution is -2.33. The van der Waals surface area contributed by atoms with E-state index >= 15 is 0 Å². The first-order valence-corrected chi connectivity index (χ1v) is 10.7. The normalized spacial score (nSPS) is 12.1. The number of nitrogens with two attached hydrogens (primary N) is 1. The lowest BCUT2D eigenvalue weighted by Gasteiger charge is -2.17. The van der Waals surface area contributed by atoms with E-state index in [4.69, 9.17) is 10.7 Å². The Balaban J connectivity index is 1.44. The molecule has 0 fully saturated rings. The van der Waals surface area contributed by atoms with Gasteiger partial charge in [-0.2, -0.15) is 0 Å². The van der Waals surface area contributed by atoms with Crippen LogP contribution in [0.1, 0.15) is 27.8 Å². The highest BCUT2D eigenvalue weighted by Crippen LogP contribution is 2.22. The summed E-state index contributed by atoms with van der Waals surface area (Å²) < 4.78 is 1.75. The van der Waals surface area contributed by atoms with Gasteiger partial charge in [0, 0.05) is 17.1 Å². The maximum Gasteiger partial charge on any atom is 0.250 e. The Bertz CT molecular complexity index is 1420. The van der Waals surface area contributed by atoms with Crippen molar-refractivity contribution in [3.8, 4) is 0 Å². The molecule has 33 heavy (non-hydrogen) atoms. The van der Waals surface area contributed by atoms with Gasteiger partial charge in [-0.25, -0.2) is 4.98 Å². The molecule has 2 aromatic heterocycles. The van der Waals surface area contributed by atoms with Gasteiger partial charge in [-0.05, 0) is 30.2 Å². The highest BCUT2D eigenvalue weighted by Gasteiger charge is 2.20. The fourth-order valence-electron chi connectivity index (χ4n) is 4.17. The van der Waals surface area contributed by atoms with E-state index in [-0.39, 0.29) is 18.5 Å². The number of fused-ring (bicyclic) bond motifs is 2. The van der Waals surface area contributed by atoms with E-state index in [0.29, 0.717) is 17.8 Å². The molecule has 5 aromatic rings. The number of carbonyl (C=O) groups excluding carboxylic acids is 2. The number of imidazole rings is 1. The van der Waals surface area contributed by atoms with Crippen LogP contribution in [0.25, 0.3) is 21.9 Å². The zero-order valence-corrected chi connectivity index (χ0v) is 17.9. The van der Waals surface area contributed by atoms with E-state index in [1.807, 2.05) is 78.9 Å². The summed E-state index contributed by atoms with van der Waals surface area (Å²) in [6.45, 7) is 0.0549. The monoisotopic (exact) mass is 437 g/mol. The van der Waals surface area contributed by atoms with Gasteiger partial charge < -0.3 is 20.6 Å². The van der Waals surface area contributed by atoms with Crippen LogP contribution in [0.2, 0.25) is 0 Å². The molecule has 0 saturated heterocycles. The molecule has 3 aromatic carbocycles. The quantitative estimate of drug-likeness (QED) is 0.361. The van der Waals surface area contributed by atoms with Gasteiger partial charge in [-0.3, -0.25) is 9.59 Å². The molecule has 0 spiro atoms. The van der Waals surface area contributed by atoms with E-state index in [1.54, 1.807) is 10.8 Å². The highest BCUT2D eigenvalue weighted by atomic mass is 16.2. The summed E-state index contributed by atoms with van der Waals surface area (Å²) in [6.07, 6.45) is 2.23. The second-order valence-electron chi connectivity index (χ2n) is 8.00. The predicted octanol–water partition coefficient (Wildman–Crippen LogP) is 3.72. The lowest BCUT2D eigenvalue weighted by molar-refractivity contribution is -0.122. The maximum absolute atomic E-state index is 13.1. The van der Waals surface area contributed by atoms with Gasteiger partial charge in [0.25, 0.3) is 5.91 Å². The summed E-state index contributed by atoms with van der Waals surface area (Å²) in [5.41, 5.74) is 9.58. The van der Waals surface area contributed by atoms with Crippen LogP contribution in [-0.2, 0) is 17.8 Å². The van der Waals surface area contributed by atoms with Gasteiger partial charge in [-0.1, -0.05) is 60.7 Å². The number of aromatic amines is 1. The summed E-state index contributed by atoms with van der Waals surface area (Å²) >= 11 is 0. The average molecular weight is 438 g/mol. The molecule has 2 heterocycles. The molecule has 0 unspecified atom stereocenters. The molecular formula is C26H23N5O2. The van der Waals surface area contributed by atoms with E-state index in [1.165, 1.54) is 0 Å². The van der Waals surface area contributed by atoms with Crippen molar-refractivity contribution in [1.29, 1.82) is 0 Å². The molecule has 0 saturated carbocycles. The van der Waals surface area contributed by atoms with E-state index in [2.05, 4.69) is 10.3 Å². The average Bonchev–Trinajstić information content (AvgIpc) is 3.41. The smallest absolute Gasteiger partial charge is 0.250 e. The number of nitrogens with one attached hydrogen (secondary N) is 2. The van der Waals surface area contributed by atoms with Gasteiger partial charge in [0.2, 0.25) is 5.91 Å². The summed E-state index contributed by atoms with van der Waals surface area (Å²) in [4.78, 5) is 33.0. The Morgan fingerprint density at radius 3 is 2.48 bits per heavy atom. The Kier molecular flexibility index (Phi) is 5.36. The highest BCUT2D eigenvalue weighted by molar-refractivity contribution is 6.06. The third-order valence-electron chi connectivity index (χ3n) is 5.72. The minimum atomic E-state index is -0.519. The largest absolute Gasteiger partial charge is 0.366 e. The number of H-pyrrole nitrogens is 1. The molecule has 164 valence electrons. The zero-order valence-electron chi connectivity index (χ0n) is 17.9. The molecule has 2 amide bonds. The second-order valence-corrected chi connectivity index (χ2v) is 8.00. The van der Waals surface area contributed by atoms with Crippen LogP contribution in [0.3, 0.4) is 0 Å². The Morgan fingerprint density at radius 2 is 1.70 bits per heavy atom. The number of primary amides is 1. The van der Waals surface area contributed by atoms with Gasteiger partial charge >= 0.3 is 0 Å². The number of hydrogen-bond acceptors (Lipinski definition) is 3. The first-order valence-electron chi connectivity index (χ1n) is 10.7. The molecule has 0 aliphatic heterocycles. The molecule has 7 nitrogen and oxygen atoms in total. The van der Waals surface area contributed by atoms with Crippen molar-refractivity contribution in [2.45, 2.75) is 19.0 Å². The molecule has 7 heteroatoms. The van der Waals surface area contributed by atoms with Crippen LogP contribution in [0.15, 0.2) is 85.1 Å². The molecule has 0 radical (unpaired) electrons. The van der Waals surface area contributed by atoms with Crippen LogP contribution in [0, 0.1) is 0 Å². The van der Waals surface area contributed by atoms with Crippen LogP contribution in [0.5, 0.6) is 0 Å². The maximum atomic E-state index is 13.1. The van der Waals surface area contributed by atoms with Crippen molar-refractivity contribution in [3.05, 3.63) is 102 Å². The summed E-state index contributed by atoms with van der Waals surface area (Å²) in [6, 6.07) is 24.8. The SMILES string of the molecule is NC(=O)c1cn(CC(=O)N[C@H](Cc2ccccc2)c2nc3ccccc3[nH]2)c2ccccc12. The number of para-hydroxylation sites is 3. The first kappa shape index (κ1) is 20.5. The fraction of sp³-hybridized carbons (Fsp3) is 0.115. The van der Waals surface area contributed by atoms with Crippen LogP contribution < -0.4 is 11.1 Å². The number of aromatic nitrogens is 3. The Morgan fingerprint density at radius 1 is 0.970 bits per heavy atom. The topological polar surface area (TPSA) is 106 Å². The van der Waals surface area contributed by atoms with Gasteiger partial charge in [-0.15, -0.1) is 0 Å². The Hall–Kier alpha value is -4.39. The van der Waals surface area contributed by atoms with Crippen LogP contribution in [0.4, 0.5) is 0 Å². The van der Waals surface area contributed by atoms with Crippen molar-refractivity contribution in [2.24, 2.45) is 5.73 Å². The summed E-state index contributed by atoms with van der Waals surface area (Å²) in [7, 11) is 0. The third-order valence-corrected chi connectivity index (χ3v) is 5.72. The lowest BCUT2D eigenvalue weighted by atomic mass is 10.1. The third kappa shape index (κ3) is 4.21.